The molecule has 5 nitrogen and oxygen atoms in total. The second-order valence-electron chi connectivity index (χ2n) is 4.22. The Morgan fingerprint density at radius 2 is 2.11 bits per heavy atom. The number of nitrogens with zero attached hydrogens (tertiary/aromatic N) is 3. The molecule has 0 fully saturated rings. The molecule has 0 amide bonds. The van der Waals surface area contributed by atoms with Crippen molar-refractivity contribution in [2.75, 3.05) is 5.73 Å². The van der Waals surface area contributed by atoms with Crippen LogP contribution in [0.2, 0.25) is 0 Å². The lowest BCUT2D eigenvalue weighted by Gasteiger charge is -2.02. The van der Waals surface area contributed by atoms with E-state index in [1.807, 2.05) is 0 Å². The zero-order valence-electron chi connectivity index (χ0n) is 9.95. The van der Waals surface area contributed by atoms with Gasteiger partial charge in [-0.05, 0) is 29.8 Å². The zero-order chi connectivity index (χ0) is 13.4. The molecule has 0 saturated carbocycles. The van der Waals surface area contributed by atoms with E-state index in [2.05, 4.69) is 5.10 Å². The van der Waals surface area contributed by atoms with Gasteiger partial charge >= 0.3 is 5.69 Å². The second kappa shape index (κ2) is 4.24. The van der Waals surface area contributed by atoms with Gasteiger partial charge in [0.1, 0.15) is 5.82 Å². The molecule has 0 aliphatic heterocycles. The number of halogens is 1. The molecule has 3 rings (SSSR count). The van der Waals surface area contributed by atoms with Crippen molar-refractivity contribution in [3.05, 3.63) is 64.5 Å². The second-order valence-corrected chi connectivity index (χ2v) is 4.22. The number of benzene rings is 1. The van der Waals surface area contributed by atoms with E-state index in [1.54, 1.807) is 30.5 Å². The molecular formula is C13H11FN4O. The van der Waals surface area contributed by atoms with Crippen LogP contribution in [-0.4, -0.2) is 14.2 Å². The lowest BCUT2D eigenvalue weighted by Crippen LogP contribution is -2.21. The summed E-state index contributed by atoms with van der Waals surface area (Å²) in [6.45, 7) is 0.206. The first-order valence-electron chi connectivity index (χ1n) is 5.73. The monoisotopic (exact) mass is 258 g/mol. The van der Waals surface area contributed by atoms with Gasteiger partial charge in [-0.25, -0.2) is 13.9 Å². The number of anilines is 1. The molecule has 0 bridgehead atoms. The molecule has 0 aliphatic rings. The number of hydrogen-bond donors (Lipinski definition) is 1. The summed E-state index contributed by atoms with van der Waals surface area (Å²) in [5.41, 5.74) is 6.44. The standard InChI is InChI=1S/C13H11FN4O/c14-10-7-9(4-5-11(10)15)8-18-13(19)17-6-2-1-3-12(17)16-18/h1-7H,8,15H2. The van der Waals surface area contributed by atoms with Gasteiger partial charge in [0.05, 0.1) is 12.2 Å². The lowest BCUT2D eigenvalue weighted by atomic mass is 10.2. The SMILES string of the molecule is Nc1ccc(Cn2nc3ccccn3c2=O)cc1F. The van der Waals surface area contributed by atoms with Crippen LogP contribution in [0.3, 0.4) is 0 Å². The van der Waals surface area contributed by atoms with E-state index >= 15 is 0 Å². The van der Waals surface area contributed by atoms with E-state index < -0.39 is 5.82 Å². The van der Waals surface area contributed by atoms with Crippen LogP contribution in [0.15, 0.2) is 47.4 Å². The maximum atomic E-state index is 13.3. The predicted molar refractivity (Wildman–Crippen MR) is 69.4 cm³/mol. The minimum Gasteiger partial charge on any atom is -0.396 e. The quantitative estimate of drug-likeness (QED) is 0.704. The van der Waals surface area contributed by atoms with Gasteiger partial charge in [0.2, 0.25) is 0 Å². The molecule has 3 aromatic rings. The fourth-order valence-corrected chi connectivity index (χ4v) is 1.91. The van der Waals surface area contributed by atoms with Crippen LogP contribution in [0.1, 0.15) is 5.56 Å². The molecule has 96 valence electrons. The van der Waals surface area contributed by atoms with Crippen LogP contribution in [0.25, 0.3) is 5.65 Å². The van der Waals surface area contributed by atoms with Crippen molar-refractivity contribution >= 4 is 11.3 Å². The normalized spacial score (nSPS) is 11.0. The first-order valence-corrected chi connectivity index (χ1v) is 5.73. The average Bonchev–Trinajstić information content (AvgIpc) is 2.72. The third kappa shape index (κ3) is 1.97. The van der Waals surface area contributed by atoms with Crippen molar-refractivity contribution in [1.29, 1.82) is 0 Å². The van der Waals surface area contributed by atoms with Gasteiger partial charge in [0.25, 0.3) is 0 Å². The summed E-state index contributed by atoms with van der Waals surface area (Å²) in [6, 6.07) is 9.76. The first-order chi connectivity index (χ1) is 9.15. The Labute approximate surface area is 107 Å². The van der Waals surface area contributed by atoms with Gasteiger partial charge in [-0.3, -0.25) is 4.40 Å². The Morgan fingerprint density at radius 1 is 1.26 bits per heavy atom. The van der Waals surface area contributed by atoms with Gasteiger partial charge < -0.3 is 5.73 Å². The molecule has 0 aliphatic carbocycles. The summed E-state index contributed by atoms with van der Waals surface area (Å²) in [5, 5.41) is 4.17. The van der Waals surface area contributed by atoms with Crippen LogP contribution in [-0.2, 0) is 6.54 Å². The summed E-state index contributed by atoms with van der Waals surface area (Å²) in [4.78, 5) is 12.0. The van der Waals surface area contributed by atoms with Gasteiger partial charge in [-0.1, -0.05) is 12.1 Å². The van der Waals surface area contributed by atoms with Crippen LogP contribution in [0.4, 0.5) is 10.1 Å². The van der Waals surface area contributed by atoms with E-state index in [4.69, 9.17) is 5.73 Å². The van der Waals surface area contributed by atoms with Crippen molar-refractivity contribution in [2.24, 2.45) is 0 Å². The Hall–Kier alpha value is -2.63. The van der Waals surface area contributed by atoms with Crippen molar-refractivity contribution < 1.29 is 4.39 Å². The zero-order valence-corrected chi connectivity index (χ0v) is 9.95. The number of rotatable bonds is 2. The maximum Gasteiger partial charge on any atom is 0.350 e. The number of nitrogens with two attached hydrogens (primary N) is 1. The van der Waals surface area contributed by atoms with Gasteiger partial charge in [0.15, 0.2) is 5.65 Å². The molecule has 0 saturated heterocycles. The molecule has 19 heavy (non-hydrogen) atoms. The molecule has 1 aromatic carbocycles. The highest BCUT2D eigenvalue weighted by atomic mass is 19.1. The van der Waals surface area contributed by atoms with Crippen molar-refractivity contribution in [3.63, 3.8) is 0 Å². The predicted octanol–water partition coefficient (Wildman–Crippen LogP) is 1.27. The van der Waals surface area contributed by atoms with Crippen LogP contribution >= 0.6 is 0 Å². The average molecular weight is 258 g/mol. The Kier molecular flexibility index (Phi) is 2.56. The largest absolute Gasteiger partial charge is 0.396 e. The summed E-state index contributed by atoms with van der Waals surface area (Å²) in [7, 11) is 0. The fourth-order valence-electron chi connectivity index (χ4n) is 1.91. The van der Waals surface area contributed by atoms with E-state index in [0.717, 1.165) is 0 Å². The number of fused-ring (bicyclic) bond motifs is 1. The highest BCUT2D eigenvalue weighted by molar-refractivity contribution is 5.41. The highest BCUT2D eigenvalue weighted by Gasteiger charge is 2.07. The molecule has 2 aromatic heterocycles. The van der Waals surface area contributed by atoms with E-state index in [1.165, 1.54) is 21.2 Å². The van der Waals surface area contributed by atoms with E-state index in [0.29, 0.717) is 11.2 Å². The number of pyridine rings is 1. The third-order valence-corrected chi connectivity index (χ3v) is 2.89. The minimum absolute atomic E-state index is 0.0890. The number of hydrogen-bond acceptors (Lipinski definition) is 3. The summed E-state index contributed by atoms with van der Waals surface area (Å²) in [6.07, 6.45) is 1.64. The molecular weight excluding hydrogens is 247 g/mol. The minimum atomic E-state index is -0.491. The molecule has 2 heterocycles. The summed E-state index contributed by atoms with van der Waals surface area (Å²) >= 11 is 0. The highest BCUT2D eigenvalue weighted by Crippen LogP contribution is 2.12. The summed E-state index contributed by atoms with van der Waals surface area (Å²) < 4.78 is 16.1. The third-order valence-electron chi connectivity index (χ3n) is 2.89. The van der Waals surface area contributed by atoms with Crippen LogP contribution in [0.5, 0.6) is 0 Å². The number of nitrogen functional groups attached to an aromatic ring is 1. The Morgan fingerprint density at radius 3 is 2.84 bits per heavy atom. The van der Waals surface area contributed by atoms with Gasteiger partial charge in [0, 0.05) is 6.20 Å². The summed E-state index contributed by atoms with van der Waals surface area (Å²) in [5.74, 6) is -0.491. The van der Waals surface area contributed by atoms with Gasteiger partial charge in [-0.2, -0.15) is 0 Å². The Bertz CT molecular complexity index is 806. The van der Waals surface area contributed by atoms with Crippen LogP contribution < -0.4 is 11.4 Å². The van der Waals surface area contributed by atoms with Crippen molar-refractivity contribution in [3.8, 4) is 0 Å². The van der Waals surface area contributed by atoms with Crippen LogP contribution in [0, 0.1) is 5.82 Å². The van der Waals surface area contributed by atoms with E-state index in [9.17, 15) is 9.18 Å². The fraction of sp³-hybridized carbons (Fsp3) is 0.0769. The molecule has 0 atom stereocenters. The molecule has 2 N–H and O–H groups in total. The number of aromatic nitrogens is 3. The lowest BCUT2D eigenvalue weighted by molar-refractivity contribution is 0.619. The maximum absolute atomic E-state index is 13.3. The molecule has 6 heteroatoms. The molecule has 0 unspecified atom stereocenters. The topological polar surface area (TPSA) is 65.3 Å². The van der Waals surface area contributed by atoms with E-state index in [-0.39, 0.29) is 17.9 Å². The molecule has 0 spiro atoms. The van der Waals surface area contributed by atoms with Gasteiger partial charge in [-0.15, -0.1) is 5.10 Å². The van der Waals surface area contributed by atoms with Crippen molar-refractivity contribution in [1.82, 2.24) is 14.2 Å². The first kappa shape index (κ1) is 11.5. The molecule has 0 radical (unpaired) electrons. The smallest absolute Gasteiger partial charge is 0.350 e. The van der Waals surface area contributed by atoms with Crippen molar-refractivity contribution in [2.45, 2.75) is 6.54 Å². The Balaban J connectivity index is 2.03.